The number of aliphatic hydroxyl groups excluding tert-OH is 1. The van der Waals surface area contributed by atoms with Crippen molar-refractivity contribution in [3.63, 3.8) is 0 Å². The minimum atomic E-state index is -2.69. The molecule has 1 rings (SSSR count). The molecular formula is C7H8O5. The zero-order valence-electron chi connectivity index (χ0n) is 6.01. The molecular weight excluding hydrogens is 164 g/mol. The number of hydrogen-bond donors (Lipinski definition) is 4. The summed E-state index contributed by atoms with van der Waals surface area (Å²) >= 11 is 0. The average molecular weight is 172 g/mol. The van der Waals surface area contributed by atoms with Crippen LogP contribution in [0.5, 0.6) is 0 Å². The van der Waals surface area contributed by atoms with Gasteiger partial charge in [-0.2, -0.15) is 0 Å². The molecule has 1 unspecified atom stereocenters. The van der Waals surface area contributed by atoms with Gasteiger partial charge in [0.2, 0.25) is 5.79 Å². The molecule has 0 heterocycles. The van der Waals surface area contributed by atoms with Crippen LogP contribution < -0.4 is 0 Å². The first-order valence-electron chi connectivity index (χ1n) is 3.21. The highest BCUT2D eigenvalue weighted by atomic mass is 16.5. The number of carboxylic acid groups (broad SMARTS) is 1. The summed E-state index contributed by atoms with van der Waals surface area (Å²) in [6, 6.07) is 0. The third-order valence-corrected chi connectivity index (χ3v) is 1.63. The monoisotopic (exact) mass is 172 g/mol. The van der Waals surface area contributed by atoms with Gasteiger partial charge in [0.1, 0.15) is 5.92 Å². The van der Waals surface area contributed by atoms with Gasteiger partial charge in [0.25, 0.3) is 0 Å². The molecule has 1 aliphatic carbocycles. The van der Waals surface area contributed by atoms with E-state index in [-0.39, 0.29) is 0 Å². The van der Waals surface area contributed by atoms with E-state index in [4.69, 9.17) is 20.4 Å². The predicted octanol–water partition coefficient (Wildman–Crippen LogP) is -0.620. The van der Waals surface area contributed by atoms with Gasteiger partial charge in [0.05, 0.1) is 0 Å². The van der Waals surface area contributed by atoms with Crippen molar-refractivity contribution in [2.75, 3.05) is 0 Å². The van der Waals surface area contributed by atoms with Crippen molar-refractivity contribution < 1.29 is 25.2 Å². The summed E-state index contributed by atoms with van der Waals surface area (Å²) < 4.78 is 0. The Bertz CT molecular complexity index is 263. The van der Waals surface area contributed by atoms with E-state index >= 15 is 0 Å². The lowest BCUT2D eigenvalue weighted by Gasteiger charge is -2.27. The zero-order chi connectivity index (χ0) is 9.35. The van der Waals surface area contributed by atoms with Gasteiger partial charge >= 0.3 is 5.97 Å². The summed E-state index contributed by atoms with van der Waals surface area (Å²) in [5, 5.41) is 35.5. The lowest BCUT2D eigenvalue weighted by atomic mass is 9.92. The van der Waals surface area contributed by atoms with E-state index in [1.54, 1.807) is 0 Å². The van der Waals surface area contributed by atoms with Crippen LogP contribution in [0.1, 0.15) is 0 Å². The van der Waals surface area contributed by atoms with Crippen LogP contribution in [0.4, 0.5) is 0 Å². The highest BCUT2D eigenvalue weighted by Crippen LogP contribution is 2.26. The fourth-order valence-electron chi connectivity index (χ4n) is 0.928. The molecule has 12 heavy (non-hydrogen) atoms. The Morgan fingerprint density at radius 3 is 2.50 bits per heavy atom. The van der Waals surface area contributed by atoms with Gasteiger partial charge < -0.3 is 20.4 Å². The van der Waals surface area contributed by atoms with Gasteiger partial charge in [-0.25, -0.2) is 0 Å². The van der Waals surface area contributed by atoms with Gasteiger partial charge in [0, 0.05) is 0 Å². The zero-order valence-corrected chi connectivity index (χ0v) is 6.01. The van der Waals surface area contributed by atoms with Crippen LogP contribution in [-0.4, -0.2) is 32.2 Å². The Morgan fingerprint density at radius 2 is 2.08 bits per heavy atom. The molecule has 0 radical (unpaired) electrons. The third kappa shape index (κ3) is 1.19. The van der Waals surface area contributed by atoms with Crippen molar-refractivity contribution in [3.05, 3.63) is 24.0 Å². The molecule has 0 saturated carbocycles. The number of rotatable bonds is 1. The second-order valence-corrected chi connectivity index (χ2v) is 2.48. The standard InChI is InChI=1S/C7H8O5/c8-5-3-1-2-4(6(9)10)7(5,11)12/h1-4,8,11-12H,(H,9,10). The summed E-state index contributed by atoms with van der Waals surface area (Å²) in [6.07, 6.45) is 3.36. The number of aliphatic carboxylic acids is 1. The lowest BCUT2D eigenvalue weighted by molar-refractivity contribution is -0.194. The molecule has 5 heteroatoms. The molecule has 5 nitrogen and oxygen atoms in total. The highest BCUT2D eigenvalue weighted by molar-refractivity contribution is 5.74. The van der Waals surface area contributed by atoms with Crippen LogP contribution in [-0.2, 0) is 4.79 Å². The van der Waals surface area contributed by atoms with Crippen molar-refractivity contribution in [1.29, 1.82) is 0 Å². The molecule has 0 fully saturated rings. The average Bonchev–Trinajstić information content (AvgIpc) is 1.94. The Hall–Kier alpha value is -1.33. The minimum absolute atomic E-state index is 0.766. The van der Waals surface area contributed by atoms with Gasteiger partial charge in [-0.05, 0) is 6.08 Å². The molecule has 0 aromatic rings. The topological polar surface area (TPSA) is 98.0 Å². The van der Waals surface area contributed by atoms with E-state index in [2.05, 4.69) is 0 Å². The van der Waals surface area contributed by atoms with Crippen molar-refractivity contribution in [2.45, 2.75) is 5.79 Å². The normalized spacial score (nSPS) is 26.5. The van der Waals surface area contributed by atoms with Crippen LogP contribution in [0.15, 0.2) is 24.0 Å². The molecule has 0 spiro atoms. The Kier molecular flexibility index (Phi) is 1.91. The molecule has 0 aromatic heterocycles. The van der Waals surface area contributed by atoms with Gasteiger partial charge in [-0.3, -0.25) is 4.79 Å². The summed E-state index contributed by atoms with van der Waals surface area (Å²) in [5.74, 6) is -6.39. The predicted molar refractivity (Wildman–Crippen MR) is 38.1 cm³/mol. The van der Waals surface area contributed by atoms with Crippen molar-refractivity contribution >= 4 is 5.97 Å². The number of allylic oxidation sites excluding steroid dienone is 2. The van der Waals surface area contributed by atoms with Gasteiger partial charge in [0.15, 0.2) is 5.76 Å². The maximum absolute atomic E-state index is 10.4. The van der Waals surface area contributed by atoms with E-state index in [1.165, 1.54) is 6.08 Å². The summed E-state index contributed by atoms with van der Waals surface area (Å²) in [6.45, 7) is 0. The van der Waals surface area contributed by atoms with Crippen molar-refractivity contribution in [1.82, 2.24) is 0 Å². The van der Waals surface area contributed by atoms with Crippen LogP contribution in [0, 0.1) is 5.92 Å². The van der Waals surface area contributed by atoms with E-state index in [1.807, 2.05) is 0 Å². The number of hydrogen-bond acceptors (Lipinski definition) is 4. The molecule has 66 valence electrons. The summed E-state index contributed by atoms with van der Waals surface area (Å²) in [4.78, 5) is 10.4. The number of aliphatic hydroxyl groups is 3. The Labute approximate surface area is 67.9 Å². The fourth-order valence-corrected chi connectivity index (χ4v) is 0.928. The van der Waals surface area contributed by atoms with Gasteiger partial charge in [-0.1, -0.05) is 12.2 Å². The smallest absolute Gasteiger partial charge is 0.316 e. The molecule has 4 N–H and O–H groups in total. The van der Waals surface area contributed by atoms with Crippen molar-refractivity contribution in [2.24, 2.45) is 5.92 Å². The quantitative estimate of drug-likeness (QED) is 0.395. The SMILES string of the molecule is O=C(O)C1C=CC=C(O)C1(O)O. The summed E-state index contributed by atoms with van der Waals surface area (Å²) in [5.41, 5.74) is 0. The molecule has 1 aliphatic rings. The molecule has 0 amide bonds. The fraction of sp³-hybridized carbons (Fsp3) is 0.286. The van der Waals surface area contributed by atoms with E-state index < -0.39 is 23.4 Å². The van der Waals surface area contributed by atoms with Crippen LogP contribution in [0.25, 0.3) is 0 Å². The molecule has 0 aliphatic heterocycles. The second-order valence-electron chi connectivity index (χ2n) is 2.48. The lowest BCUT2D eigenvalue weighted by Crippen LogP contribution is -2.44. The summed E-state index contributed by atoms with van der Waals surface area (Å²) in [7, 11) is 0. The second kappa shape index (κ2) is 2.62. The van der Waals surface area contributed by atoms with Crippen LogP contribution in [0.2, 0.25) is 0 Å². The minimum Gasteiger partial charge on any atom is -0.507 e. The maximum atomic E-state index is 10.4. The number of carboxylic acids is 1. The van der Waals surface area contributed by atoms with Crippen LogP contribution >= 0.6 is 0 Å². The first-order chi connectivity index (χ1) is 5.46. The molecule has 0 aromatic carbocycles. The molecule has 0 bridgehead atoms. The third-order valence-electron chi connectivity index (χ3n) is 1.63. The first kappa shape index (κ1) is 8.76. The molecule has 1 atom stereocenters. The van der Waals surface area contributed by atoms with Crippen molar-refractivity contribution in [3.8, 4) is 0 Å². The van der Waals surface area contributed by atoms with Gasteiger partial charge in [-0.15, -0.1) is 0 Å². The maximum Gasteiger partial charge on any atom is 0.316 e. The van der Waals surface area contributed by atoms with E-state index in [0.29, 0.717) is 0 Å². The highest BCUT2D eigenvalue weighted by Gasteiger charge is 2.43. The first-order valence-corrected chi connectivity index (χ1v) is 3.21. The number of carbonyl (C=O) groups is 1. The van der Waals surface area contributed by atoms with E-state index in [0.717, 1.165) is 12.2 Å². The Balaban J connectivity index is 3.01. The Morgan fingerprint density at radius 1 is 1.50 bits per heavy atom. The van der Waals surface area contributed by atoms with Crippen LogP contribution in [0.3, 0.4) is 0 Å². The molecule has 0 saturated heterocycles. The largest absolute Gasteiger partial charge is 0.507 e. The van der Waals surface area contributed by atoms with E-state index in [9.17, 15) is 4.79 Å².